The van der Waals surface area contributed by atoms with Crippen LogP contribution in [0.25, 0.3) is 0 Å². The molecule has 1 unspecified atom stereocenters. The van der Waals surface area contributed by atoms with Gasteiger partial charge in [-0.3, -0.25) is 15.0 Å². The molecule has 0 saturated carbocycles. The van der Waals surface area contributed by atoms with Gasteiger partial charge in [0.15, 0.2) is 6.04 Å². The van der Waals surface area contributed by atoms with E-state index < -0.39 is 28.6 Å². The molecule has 1 aromatic carbocycles. The van der Waals surface area contributed by atoms with Crippen molar-refractivity contribution in [2.75, 3.05) is 31.6 Å². The fourth-order valence-corrected chi connectivity index (χ4v) is 2.68. The first kappa shape index (κ1) is 19.5. The summed E-state index contributed by atoms with van der Waals surface area (Å²) in [4.78, 5) is 38.1. The van der Waals surface area contributed by atoms with E-state index in [1.54, 1.807) is 32.9 Å². The third-order valence-electron chi connectivity index (χ3n) is 3.91. The van der Waals surface area contributed by atoms with Crippen molar-refractivity contribution in [2.45, 2.75) is 32.4 Å². The van der Waals surface area contributed by atoms with Crippen molar-refractivity contribution in [2.24, 2.45) is 0 Å². The Morgan fingerprint density at radius 2 is 1.81 bits per heavy atom. The van der Waals surface area contributed by atoms with Crippen LogP contribution in [0.4, 0.5) is 16.2 Å². The Kier molecular flexibility index (Phi) is 5.69. The van der Waals surface area contributed by atoms with E-state index in [-0.39, 0.29) is 18.8 Å². The zero-order chi connectivity index (χ0) is 19.5. The number of nitro benzene ring substituents is 1. The zero-order valence-corrected chi connectivity index (χ0v) is 15.3. The summed E-state index contributed by atoms with van der Waals surface area (Å²) in [5.41, 5.74) is 0.0479. The average Bonchev–Trinajstić information content (AvgIpc) is 2.59. The van der Waals surface area contributed by atoms with Crippen molar-refractivity contribution in [3.05, 3.63) is 34.4 Å². The van der Waals surface area contributed by atoms with E-state index in [0.717, 1.165) is 5.69 Å². The fourth-order valence-electron chi connectivity index (χ4n) is 2.68. The molecule has 26 heavy (non-hydrogen) atoms. The van der Waals surface area contributed by atoms with Gasteiger partial charge in [0.1, 0.15) is 5.60 Å². The lowest BCUT2D eigenvalue weighted by atomic mass is 10.1. The van der Waals surface area contributed by atoms with Crippen LogP contribution < -0.4 is 4.90 Å². The normalized spacial score (nSPS) is 17.6. The highest BCUT2D eigenvalue weighted by Gasteiger charge is 2.38. The van der Waals surface area contributed by atoms with Crippen LogP contribution in [0.2, 0.25) is 0 Å². The summed E-state index contributed by atoms with van der Waals surface area (Å²) in [6, 6.07) is 5.23. The van der Waals surface area contributed by atoms with E-state index >= 15 is 0 Å². The molecular weight excluding hydrogens is 342 g/mol. The largest absolute Gasteiger partial charge is 0.467 e. The first-order valence-electron chi connectivity index (χ1n) is 8.19. The molecule has 1 fully saturated rings. The number of rotatable bonds is 3. The summed E-state index contributed by atoms with van der Waals surface area (Å²) in [7, 11) is 1.26. The lowest BCUT2D eigenvalue weighted by Gasteiger charge is -2.41. The second-order valence-electron chi connectivity index (χ2n) is 6.93. The van der Waals surface area contributed by atoms with Gasteiger partial charge in [0.2, 0.25) is 0 Å². The molecule has 1 atom stereocenters. The number of nitrogens with zero attached hydrogens (tertiary/aromatic N) is 3. The van der Waals surface area contributed by atoms with E-state index in [0.29, 0.717) is 6.54 Å². The Morgan fingerprint density at radius 3 is 2.31 bits per heavy atom. The molecule has 9 nitrogen and oxygen atoms in total. The third-order valence-corrected chi connectivity index (χ3v) is 3.91. The molecule has 0 aromatic heterocycles. The Balaban J connectivity index is 2.17. The number of hydrogen-bond donors (Lipinski definition) is 0. The molecule has 0 aliphatic carbocycles. The highest BCUT2D eigenvalue weighted by Crippen LogP contribution is 2.24. The van der Waals surface area contributed by atoms with E-state index in [2.05, 4.69) is 0 Å². The molecule has 1 amide bonds. The second kappa shape index (κ2) is 7.59. The average molecular weight is 365 g/mol. The number of nitro groups is 1. The minimum Gasteiger partial charge on any atom is -0.467 e. The summed E-state index contributed by atoms with van der Waals surface area (Å²) in [5, 5.41) is 10.8. The number of methoxy groups -OCH3 is 1. The molecule has 1 aliphatic heterocycles. The highest BCUT2D eigenvalue weighted by atomic mass is 16.6. The maximum atomic E-state index is 12.4. The number of carbonyl (C=O) groups excluding carboxylic acids is 2. The van der Waals surface area contributed by atoms with Crippen molar-refractivity contribution in [3.8, 4) is 0 Å². The summed E-state index contributed by atoms with van der Waals surface area (Å²) >= 11 is 0. The maximum Gasteiger partial charge on any atom is 0.411 e. The number of non-ortho nitro benzene ring substituents is 1. The van der Waals surface area contributed by atoms with Crippen molar-refractivity contribution >= 4 is 23.4 Å². The van der Waals surface area contributed by atoms with Crippen LogP contribution in [0.5, 0.6) is 0 Å². The van der Waals surface area contributed by atoms with Crippen LogP contribution in [-0.4, -0.2) is 60.3 Å². The lowest BCUT2D eigenvalue weighted by molar-refractivity contribution is -0.384. The Morgan fingerprint density at radius 1 is 1.19 bits per heavy atom. The first-order chi connectivity index (χ1) is 12.1. The van der Waals surface area contributed by atoms with Crippen LogP contribution in [0.15, 0.2) is 24.3 Å². The molecule has 0 bridgehead atoms. The van der Waals surface area contributed by atoms with Gasteiger partial charge in [0.25, 0.3) is 5.69 Å². The van der Waals surface area contributed by atoms with Gasteiger partial charge in [-0.2, -0.15) is 0 Å². The topological polar surface area (TPSA) is 102 Å². The number of ether oxygens (including phenoxy) is 2. The Hall–Kier alpha value is -2.84. The second-order valence-corrected chi connectivity index (χ2v) is 6.93. The van der Waals surface area contributed by atoms with Crippen molar-refractivity contribution in [1.82, 2.24) is 4.90 Å². The Labute approximate surface area is 151 Å². The van der Waals surface area contributed by atoms with Crippen LogP contribution in [0.1, 0.15) is 20.8 Å². The summed E-state index contributed by atoms with van der Waals surface area (Å²) in [5.74, 6) is -0.539. The molecule has 1 aliphatic rings. The van der Waals surface area contributed by atoms with E-state index in [9.17, 15) is 19.7 Å². The van der Waals surface area contributed by atoms with Gasteiger partial charge in [-0.1, -0.05) is 0 Å². The number of carbonyl (C=O) groups is 2. The number of hydrogen-bond acceptors (Lipinski definition) is 7. The molecule has 0 spiro atoms. The number of esters is 1. The quantitative estimate of drug-likeness (QED) is 0.459. The molecule has 0 N–H and O–H groups in total. The minimum absolute atomic E-state index is 0.00865. The van der Waals surface area contributed by atoms with Crippen LogP contribution >= 0.6 is 0 Å². The van der Waals surface area contributed by atoms with E-state index in [1.807, 2.05) is 4.90 Å². The fraction of sp³-hybridized carbons (Fsp3) is 0.529. The summed E-state index contributed by atoms with van der Waals surface area (Å²) in [6.45, 7) is 6.21. The standard InChI is InChI=1S/C17H23N3O6/c1-17(2,3)26-16(22)19-10-9-18(11-14(19)15(21)25-4)12-5-7-13(8-6-12)20(23)24/h5-8,14H,9-11H2,1-4H3. The molecule has 1 heterocycles. The molecule has 1 aromatic rings. The SMILES string of the molecule is COC(=O)C1CN(c2ccc([N+](=O)[O-])cc2)CCN1C(=O)OC(C)(C)C. The summed E-state index contributed by atoms with van der Waals surface area (Å²) < 4.78 is 10.2. The molecule has 142 valence electrons. The molecule has 1 saturated heterocycles. The van der Waals surface area contributed by atoms with Gasteiger partial charge in [0, 0.05) is 37.5 Å². The van der Waals surface area contributed by atoms with Crippen LogP contribution in [-0.2, 0) is 14.3 Å². The van der Waals surface area contributed by atoms with Crippen molar-refractivity contribution in [3.63, 3.8) is 0 Å². The molecule has 9 heteroatoms. The smallest absolute Gasteiger partial charge is 0.411 e. The van der Waals surface area contributed by atoms with E-state index in [4.69, 9.17) is 9.47 Å². The molecule has 2 rings (SSSR count). The number of piperazine rings is 1. The van der Waals surface area contributed by atoms with Crippen molar-refractivity contribution < 1.29 is 24.0 Å². The summed E-state index contributed by atoms with van der Waals surface area (Å²) in [6.07, 6.45) is -0.573. The molecular formula is C17H23N3O6. The van der Waals surface area contributed by atoms with Crippen molar-refractivity contribution in [1.29, 1.82) is 0 Å². The van der Waals surface area contributed by atoms with E-state index in [1.165, 1.54) is 24.1 Å². The number of benzene rings is 1. The van der Waals surface area contributed by atoms with Gasteiger partial charge in [-0.05, 0) is 32.9 Å². The van der Waals surface area contributed by atoms with Crippen LogP contribution in [0, 0.1) is 10.1 Å². The maximum absolute atomic E-state index is 12.4. The predicted molar refractivity (Wildman–Crippen MR) is 94.1 cm³/mol. The van der Waals surface area contributed by atoms with Gasteiger partial charge >= 0.3 is 12.1 Å². The van der Waals surface area contributed by atoms with Gasteiger partial charge in [-0.15, -0.1) is 0 Å². The highest BCUT2D eigenvalue weighted by molar-refractivity contribution is 5.83. The zero-order valence-electron chi connectivity index (χ0n) is 15.3. The third kappa shape index (κ3) is 4.62. The van der Waals surface area contributed by atoms with Crippen LogP contribution in [0.3, 0.4) is 0 Å². The van der Waals surface area contributed by atoms with Gasteiger partial charge in [-0.25, -0.2) is 9.59 Å². The number of amides is 1. The predicted octanol–water partition coefficient (Wildman–Crippen LogP) is 2.19. The van der Waals surface area contributed by atoms with Gasteiger partial charge < -0.3 is 14.4 Å². The first-order valence-corrected chi connectivity index (χ1v) is 8.19. The minimum atomic E-state index is -0.821. The van der Waals surface area contributed by atoms with Gasteiger partial charge in [0.05, 0.1) is 12.0 Å². The molecule has 0 radical (unpaired) electrons. The monoisotopic (exact) mass is 365 g/mol. The Bertz CT molecular complexity index is 683. The number of anilines is 1. The lowest BCUT2D eigenvalue weighted by Crippen LogP contribution is -2.59.